The fraction of sp³-hybridized carbons (Fsp3) is 0.615. The molecular formula is C13H21NO2S. The second kappa shape index (κ2) is 8.25. The Kier molecular flexibility index (Phi) is 6.89. The zero-order valence-electron chi connectivity index (χ0n) is 10.6. The lowest BCUT2D eigenvalue weighted by molar-refractivity contribution is -0.126. The third-order valence-electron chi connectivity index (χ3n) is 2.38. The van der Waals surface area contributed by atoms with Gasteiger partial charge >= 0.3 is 0 Å². The predicted octanol–water partition coefficient (Wildman–Crippen LogP) is 3.13. The molecule has 0 spiro atoms. The van der Waals surface area contributed by atoms with Crippen LogP contribution in [0.4, 0.5) is 0 Å². The van der Waals surface area contributed by atoms with Gasteiger partial charge in [0.2, 0.25) is 5.91 Å². The first kappa shape index (κ1) is 14.2. The van der Waals surface area contributed by atoms with Gasteiger partial charge in [-0.3, -0.25) is 4.79 Å². The minimum atomic E-state index is -0.0229. The molecule has 1 atom stereocenters. The summed E-state index contributed by atoms with van der Waals surface area (Å²) in [6, 6.07) is 4.22. The largest absolute Gasteiger partial charge is 0.372 e. The molecule has 0 radical (unpaired) electrons. The van der Waals surface area contributed by atoms with Crippen LogP contribution >= 0.6 is 11.3 Å². The lowest BCUT2D eigenvalue weighted by Crippen LogP contribution is -2.31. The Labute approximate surface area is 107 Å². The molecule has 0 aromatic carbocycles. The summed E-state index contributed by atoms with van der Waals surface area (Å²) in [5, 5.41) is 5.07. The number of hydrogen-bond donors (Lipinski definition) is 1. The number of rotatable bonds is 8. The Morgan fingerprint density at radius 1 is 1.47 bits per heavy atom. The molecule has 0 aliphatic carbocycles. The Bertz CT molecular complexity index is 311. The highest BCUT2D eigenvalue weighted by Crippen LogP contribution is 2.22. The van der Waals surface area contributed by atoms with Crippen LogP contribution in [0.25, 0.3) is 0 Å². The van der Waals surface area contributed by atoms with Crippen LogP contribution in [0.15, 0.2) is 17.5 Å². The summed E-state index contributed by atoms with van der Waals surface area (Å²) < 4.78 is 5.23. The summed E-state index contributed by atoms with van der Waals surface area (Å²) >= 11 is 1.69. The number of hydrogen-bond acceptors (Lipinski definition) is 3. The zero-order chi connectivity index (χ0) is 12.5. The highest BCUT2D eigenvalue weighted by Gasteiger charge is 2.14. The van der Waals surface area contributed by atoms with Crippen molar-refractivity contribution in [2.75, 3.05) is 13.2 Å². The number of thiophene rings is 1. The Hall–Kier alpha value is -0.870. The number of amides is 1. The standard InChI is InChI=1S/C13H21NO2S/c1-3-6-11(12-7-5-9-17-12)14-13(15)10-16-8-4-2/h5,7,9,11H,3-4,6,8,10H2,1-2H3,(H,14,15). The Balaban J connectivity index is 2.41. The number of carbonyl (C=O) groups is 1. The van der Waals surface area contributed by atoms with Crippen molar-refractivity contribution < 1.29 is 9.53 Å². The molecule has 0 saturated carbocycles. The number of ether oxygens (including phenoxy) is 1. The normalized spacial score (nSPS) is 12.4. The molecule has 0 saturated heterocycles. The van der Waals surface area contributed by atoms with E-state index in [0.29, 0.717) is 6.61 Å². The smallest absolute Gasteiger partial charge is 0.246 e. The summed E-state index contributed by atoms with van der Waals surface area (Å²) in [4.78, 5) is 12.9. The van der Waals surface area contributed by atoms with Crippen molar-refractivity contribution in [2.45, 2.75) is 39.2 Å². The molecule has 0 fully saturated rings. The first-order valence-electron chi connectivity index (χ1n) is 6.18. The summed E-state index contributed by atoms with van der Waals surface area (Å²) in [5.41, 5.74) is 0. The monoisotopic (exact) mass is 255 g/mol. The van der Waals surface area contributed by atoms with E-state index in [1.54, 1.807) is 11.3 Å². The quantitative estimate of drug-likeness (QED) is 0.725. The highest BCUT2D eigenvalue weighted by atomic mass is 32.1. The molecule has 1 N–H and O–H groups in total. The van der Waals surface area contributed by atoms with Gasteiger partial charge in [0.15, 0.2) is 0 Å². The molecule has 1 aromatic heterocycles. The summed E-state index contributed by atoms with van der Waals surface area (Å²) in [5.74, 6) is -0.0229. The van der Waals surface area contributed by atoms with E-state index in [0.717, 1.165) is 19.3 Å². The van der Waals surface area contributed by atoms with E-state index in [1.807, 2.05) is 18.4 Å². The van der Waals surface area contributed by atoms with E-state index in [4.69, 9.17) is 4.74 Å². The number of carbonyl (C=O) groups excluding carboxylic acids is 1. The molecular weight excluding hydrogens is 234 g/mol. The van der Waals surface area contributed by atoms with Crippen LogP contribution in [-0.4, -0.2) is 19.1 Å². The second-order valence-electron chi connectivity index (χ2n) is 3.98. The fourth-order valence-corrected chi connectivity index (χ4v) is 2.42. The lowest BCUT2D eigenvalue weighted by atomic mass is 10.1. The second-order valence-corrected chi connectivity index (χ2v) is 4.96. The van der Waals surface area contributed by atoms with Crippen LogP contribution in [0.2, 0.25) is 0 Å². The van der Waals surface area contributed by atoms with Crippen LogP contribution in [0, 0.1) is 0 Å². The van der Waals surface area contributed by atoms with Crippen LogP contribution < -0.4 is 5.32 Å². The van der Waals surface area contributed by atoms with Gasteiger partial charge in [0, 0.05) is 11.5 Å². The first-order valence-corrected chi connectivity index (χ1v) is 7.06. The fourth-order valence-electron chi connectivity index (χ4n) is 1.61. The van der Waals surface area contributed by atoms with Gasteiger partial charge in [-0.2, -0.15) is 0 Å². The Morgan fingerprint density at radius 2 is 2.29 bits per heavy atom. The maximum Gasteiger partial charge on any atom is 0.246 e. The molecule has 17 heavy (non-hydrogen) atoms. The van der Waals surface area contributed by atoms with Crippen molar-refractivity contribution in [3.63, 3.8) is 0 Å². The van der Waals surface area contributed by atoms with Gasteiger partial charge < -0.3 is 10.1 Å². The van der Waals surface area contributed by atoms with Crippen LogP contribution in [-0.2, 0) is 9.53 Å². The molecule has 3 nitrogen and oxygen atoms in total. The molecule has 96 valence electrons. The third kappa shape index (κ3) is 5.33. The van der Waals surface area contributed by atoms with Crippen molar-refractivity contribution in [1.82, 2.24) is 5.32 Å². The van der Waals surface area contributed by atoms with E-state index in [1.165, 1.54) is 4.88 Å². The molecule has 1 unspecified atom stereocenters. The SMILES string of the molecule is CCCOCC(=O)NC(CCC)c1cccs1. The maximum absolute atomic E-state index is 11.7. The van der Waals surface area contributed by atoms with E-state index >= 15 is 0 Å². The van der Waals surface area contributed by atoms with Crippen molar-refractivity contribution in [3.05, 3.63) is 22.4 Å². The summed E-state index contributed by atoms with van der Waals surface area (Å²) in [6.07, 6.45) is 2.97. The van der Waals surface area contributed by atoms with Crippen LogP contribution in [0.3, 0.4) is 0 Å². The molecule has 1 aromatic rings. The summed E-state index contributed by atoms with van der Waals surface area (Å²) in [7, 11) is 0. The maximum atomic E-state index is 11.7. The highest BCUT2D eigenvalue weighted by molar-refractivity contribution is 7.10. The number of nitrogens with one attached hydrogen (secondary N) is 1. The van der Waals surface area contributed by atoms with Gasteiger partial charge in [0.25, 0.3) is 0 Å². The Morgan fingerprint density at radius 3 is 2.88 bits per heavy atom. The lowest BCUT2D eigenvalue weighted by Gasteiger charge is -2.16. The molecule has 1 amide bonds. The van der Waals surface area contributed by atoms with E-state index < -0.39 is 0 Å². The molecule has 0 bridgehead atoms. The van der Waals surface area contributed by atoms with Crippen LogP contribution in [0.5, 0.6) is 0 Å². The average molecular weight is 255 g/mol. The molecule has 1 heterocycles. The molecule has 4 heteroatoms. The minimum absolute atomic E-state index is 0.0229. The topological polar surface area (TPSA) is 38.3 Å². The van der Waals surface area contributed by atoms with Gasteiger partial charge in [0.05, 0.1) is 6.04 Å². The van der Waals surface area contributed by atoms with Crippen molar-refractivity contribution >= 4 is 17.2 Å². The molecule has 1 rings (SSSR count). The molecule has 0 aliphatic rings. The van der Waals surface area contributed by atoms with Gasteiger partial charge in [-0.05, 0) is 24.3 Å². The van der Waals surface area contributed by atoms with Crippen molar-refractivity contribution in [3.8, 4) is 0 Å². The van der Waals surface area contributed by atoms with E-state index in [9.17, 15) is 4.79 Å². The van der Waals surface area contributed by atoms with Gasteiger partial charge in [-0.15, -0.1) is 11.3 Å². The summed E-state index contributed by atoms with van der Waals surface area (Å²) in [6.45, 7) is 4.97. The van der Waals surface area contributed by atoms with Crippen LogP contribution in [0.1, 0.15) is 44.0 Å². The van der Waals surface area contributed by atoms with Crippen molar-refractivity contribution in [1.29, 1.82) is 0 Å². The third-order valence-corrected chi connectivity index (χ3v) is 3.37. The van der Waals surface area contributed by atoms with Gasteiger partial charge in [-0.25, -0.2) is 0 Å². The van der Waals surface area contributed by atoms with Crippen molar-refractivity contribution in [2.24, 2.45) is 0 Å². The minimum Gasteiger partial charge on any atom is -0.372 e. The van der Waals surface area contributed by atoms with E-state index in [2.05, 4.69) is 18.3 Å². The van der Waals surface area contributed by atoms with E-state index in [-0.39, 0.29) is 18.6 Å². The molecule has 0 aliphatic heterocycles. The van der Waals surface area contributed by atoms with Gasteiger partial charge in [-0.1, -0.05) is 26.3 Å². The predicted molar refractivity (Wildman–Crippen MR) is 71.2 cm³/mol. The van der Waals surface area contributed by atoms with Gasteiger partial charge in [0.1, 0.15) is 6.61 Å². The average Bonchev–Trinajstić information content (AvgIpc) is 2.82. The zero-order valence-corrected chi connectivity index (χ0v) is 11.4. The first-order chi connectivity index (χ1) is 8.27.